The van der Waals surface area contributed by atoms with E-state index in [1.54, 1.807) is 14.2 Å². The normalized spacial score (nSPS) is 21.8. The summed E-state index contributed by atoms with van der Waals surface area (Å²) in [6.45, 7) is 6.16. The van der Waals surface area contributed by atoms with E-state index in [1.165, 1.54) is 0 Å². The van der Waals surface area contributed by atoms with E-state index >= 15 is 0 Å². The Labute approximate surface area is 178 Å². The number of aromatic hydroxyl groups is 2. The minimum atomic E-state index is 0.0737. The Bertz CT molecular complexity index is 909. The first-order valence-corrected chi connectivity index (χ1v) is 10.6. The van der Waals surface area contributed by atoms with Crippen LogP contribution in [0.5, 0.6) is 23.0 Å². The maximum atomic E-state index is 11.3. The topological polar surface area (TPSA) is 65.4 Å². The molecule has 4 rings (SSSR count). The smallest absolute Gasteiger partial charge is 0.166 e. The molecule has 2 N–H and O–H groups in total. The zero-order valence-corrected chi connectivity index (χ0v) is 18.7. The lowest BCUT2D eigenvalue weighted by Crippen LogP contribution is -2.32. The summed E-state index contributed by atoms with van der Waals surface area (Å²) >= 11 is 0. The van der Waals surface area contributed by atoms with E-state index in [1.807, 2.05) is 12.1 Å². The van der Waals surface area contributed by atoms with E-state index < -0.39 is 0 Å². The fourth-order valence-electron chi connectivity index (χ4n) is 5.04. The molecule has 2 atom stereocenters. The van der Waals surface area contributed by atoms with Gasteiger partial charge in [-0.15, -0.1) is 0 Å². The number of benzene rings is 2. The number of likely N-dealkylation sites (N-methyl/N-ethyl adjacent to an activating group) is 2. The molecule has 6 nitrogen and oxygen atoms in total. The summed E-state index contributed by atoms with van der Waals surface area (Å²) < 4.78 is 11.1. The lowest BCUT2D eigenvalue weighted by atomic mass is 9.80. The number of fused-ring (bicyclic) bond motifs is 2. The Morgan fingerprint density at radius 3 is 1.47 bits per heavy atom. The second-order valence-corrected chi connectivity index (χ2v) is 8.56. The number of hydrogen-bond donors (Lipinski definition) is 2. The van der Waals surface area contributed by atoms with Gasteiger partial charge < -0.3 is 19.7 Å². The molecule has 2 heterocycles. The van der Waals surface area contributed by atoms with Crippen LogP contribution in [0.15, 0.2) is 12.1 Å². The minimum absolute atomic E-state index is 0.0737. The van der Waals surface area contributed by atoms with Gasteiger partial charge in [-0.1, -0.05) is 0 Å². The lowest BCUT2D eigenvalue weighted by Gasteiger charge is -2.38. The van der Waals surface area contributed by atoms with Gasteiger partial charge >= 0.3 is 0 Å². The molecular weight excluding hydrogens is 380 g/mol. The molecule has 0 aliphatic carbocycles. The summed E-state index contributed by atoms with van der Waals surface area (Å²) in [4.78, 5) is 4.55. The maximum Gasteiger partial charge on any atom is 0.166 e. The molecule has 0 bridgehead atoms. The molecule has 2 aromatic carbocycles. The molecule has 0 fully saturated rings. The number of hydrogen-bond acceptors (Lipinski definition) is 6. The summed E-state index contributed by atoms with van der Waals surface area (Å²) in [5.41, 5.74) is 5.73. The van der Waals surface area contributed by atoms with E-state index in [-0.39, 0.29) is 23.6 Å². The van der Waals surface area contributed by atoms with E-state index in [0.29, 0.717) is 22.6 Å². The number of ether oxygens (including phenoxy) is 2. The molecule has 2 aliphatic rings. The van der Waals surface area contributed by atoms with Crippen LogP contribution >= 0.6 is 0 Å². The molecule has 30 heavy (non-hydrogen) atoms. The quantitative estimate of drug-likeness (QED) is 0.798. The van der Waals surface area contributed by atoms with Crippen LogP contribution in [-0.4, -0.2) is 61.4 Å². The van der Waals surface area contributed by atoms with Gasteiger partial charge in [0.2, 0.25) is 0 Å². The predicted octanol–water partition coefficient (Wildman–Crippen LogP) is 3.88. The van der Waals surface area contributed by atoms with Crippen LogP contribution < -0.4 is 9.47 Å². The second-order valence-electron chi connectivity index (χ2n) is 8.56. The highest BCUT2D eigenvalue weighted by Crippen LogP contribution is 2.54. The zero-order valence-electron chi connectivity index (χ0n) is 18.7. The van der Waals surface area contributed by atoms with E-state index in [0.717, 1.165) is 48.2 Å². The van der Waals surface area contributed by atoms with Gasteiger partial charge in [0.15, 0.2) is 23.0 Å². The molecule has 2 unspecified atom stereocenters. The molecule has 0 saturated carbocycles. The van der Waals surface area contributed by atoms with Crippen molar-refractivity contribution in [1.29, 1.82) is 0 Å². The first-order valence-electron chi connectivity index (χ1n) is 10.6. The molecular formula is C24H32N2O4. The fourth-order valence-corrected chi connectivity index (χ4v) is 5.04. The van der Waals surface area contributed by atoms with E-state index in [2.05, 4.69) is 37.7 Å². The highest BCUT2D eigenvalue weighted by atomic mass is 16.5. The summed E-state index contributed by atoms with van der Waals surface area (Å²) in [6, 6.07) is 4.07. The second kappa shape index (κ2) is 7.67. The SMILES string of the molecule is COc1cc2c(c(-c3c(O)c(OC)cc4c3C(C)N(C)CC4)c1O)C(C)N(C)CC2. The van der Waals surface area contributed by atoms with Gasteiger partial charge in [-0.05, 0) is 75.2 Å². The Kier molecular flexibility index (Phi) is 5.32. The molecule has 0 saturated heterocycles. The first kappa shape index (κ1) is 20.8. The van der Waals surface area contributed by atoms with E-state index in [4.69, 9.17) is 9.47 Å². The highest BCUT2D eigenvalue weighted by Gasteiger charge is 2.35. The van der Waals surface area contributed by atoms with Crippen molar-refractivity contribution >= 4 is 0 Å². The van der Waals surface area contributed by atoms with Crippen LogP contribution in [-0.2, 0) is 12.8 Å². The van der Waals surface area contributed by atoms with Crippen LogP contribution in [0, 0.1) is 0 Å². The Balaban J connectivity index is 2.14. The van der Waals surface area contributed by atoms with Crippen molar-refractivity contribution in [3.63, 3.8) is 0 Å². The third-order valence-corrected chi connectivity index (χ3v) is 7.10. The summed E-state index contributed by atoms with van der Waals surface area (Å²) in [7, 11) is 7.33. The van der Waals surface area contributed by atoms with Gasteiger partial charge in [0.25, 0.3) is 0 Å². The number of methoxy groups -OCH3 is 2. The van der Waals surface area contributed by atoms with Crippen molar-refractivity contribution in [2.24, 2.45) is 0 Å². The molecule has 162 valence electrons. The molecule has 0 amide bonds. The van der Waals surface area contributed by atoms with Crippen LogP contribution in [0.4, 0.5) is 0 Å². The van der Waals surface area contributed by atoms with Crippen molar-refractivity contribution in [1.82, 2.24) is 9.80 Å². The number of phenolic OH excluding ortho intramolecular Hbond substituents is 2. The molecule has 0 radical (unpaired) electrons. The van der Waals surface area contributed by atoms with Crippen LogP contribution in [0.2, 0.25) is 0 Å². The predicted molar refractivity (Wildman–Crippen MR) is 118 cm³/mol. The van der Waals surface area contributed by atoms with Crippen molar-refractivity contribution in [3.8, 4) is 34.1 Å². The van der Waals surface area contributed by atoms with Crippen LogP contribution in [0.3, 0.4) is 0 Å². The van der Waals surface area contributed by atoms with Crippen molar-refractivity contribution in [2.45, 2.75) is 38.8 Å². The van der Waals surface area contributed by atoms with Gasteiger partial charge in [-0.2, -0.15) is 0 Å². The van der Waals surface area contributed by atoms with E-state index in [9.17, 15) is 10.2 Å². The number of nitrogens with zero attached hydrogens (tertiary/aromatic N) is 2. The van der Waals surface area contributed by atoms with Crippen molar-refractivity contribution in [2.75, 3.05) is 41.4 Å². The molecule has 2 aliphatic heterocycles. The third kappa shape index (κ3) is 3.01. The monoisotopic (exact) mass is 412 g/mol. The van der Waals surface area contributed by atoms with Crippen LogP contribution in [0.25, 0.3) is 11.1 Å². The fraction of sp³-hybridized carbons (Fsp3) is 0.500. The first-order chi connectivity index (χ1) is 14.3. The average molecular weight is 413 g/mol. The van der Waals surface area contributed by atoms with Gasteiger partial charge in [0, 0.05) is 36.3 Å². The Morgan fingerprint density at radius 1 is 0.767 bits per heavy atom. The molecule has 6 heteroatoms. The lowest BCUT2D eigenvalue weighted by molar-refractivity contribution is 0.244. The minimum Gasteiger partial charge on any atom is -0.504 e. The summed E-state index contributed by atoms with van der Waals surface area (Å²) in [5, 5.41) is 22.7. The van der Waals surface area contributed by atoms with Gasteiger partial charge in [-0.25, -0.2) is 0 Å². The Hall–Kier alpha value is -2.44. The summed E-state index contributed by atoms with van der Waals surface area (Å²) in [5.74, 6) is 1.02. The van der Waals surface area contributed by atoms with Crippen LogP contribution in [0.1, 0.15) is 48.2 Å². The molecule has 2 aromatic rings. The van der Waals surface area contributed by atoms with Gasteiger partial charge in [0.1, 0.15) is 0 Å². The summed E-state index contributed by atoms with van der Waals surface area (Å²) in [6.07, 6.45) is 1.73. The maximum absolute atomic E-state index is 11.3. The van der Waals surface area contributed by atoms with Gasteiger partial charge in [0.05, 0.1) is 14.2 Å². The third-order valence-electron chi connectivity index (χ3n) is 7.10. The number of rotatable bonds is 3. The van der Waals surface area contributed by atoms with Crippen molar-refractivity contribution in [3.05, 3.63) is 34.4 Å². The van der Waals surface area contributed by atoms with Crippen molar-refractivity contribution < 1.29 is 19.7 Å². The molecule has 0 aromatic heterocycles. The zero-order chi connectivity index (χ0) is 21.7. The van der Waals surface area contributed by atoms with Gasteiger partial charge in [-0.3, -0.25) is 9.80 Å². The largest absolute Gasteiger partial charge is 0.504 e. The average Bonchev–Trinajstić information content (AvgIpc) is 2.74. The molecule has 0 spiro atoms. The Morgan fingerprint density at radius 2 is 1.13 bits per heavy atom. The highest BCUT2D eigenvalue weighted by molar-refractivity contribution is 5.87. The standard InChI is InChI=1S/C24H32N2O4/c1-13-19-15(7-9-25(13)3)11-17(29-5)23(27)21(19)22-20-14(2)26(4)10-8-16(20)12-18(30-6)24(22)28/h11-14,27-28H,7-10H2,1-6H3. The number of phenols is 2.